The third kappa shape index (κ3) is 2.24. The molecule has 0 bridgehead atoms. The minimum absolute atomic E-state index is 0.0185. The van der Waals surface area contributed by atoms with Crippen molar-refractivity contribution in [3.8, 4) is 16.9 Å². The van der Waals surface area contributed by atoms with Gasteiger partial charge in [0, 0.05) is 17.3 Å². The zero-order valence-corrected chi connectivity index (χ0v) is 9.98. The Morgan fingerprint density at radius 3 is 2.56 bits per heavy atom. The average molecular weight is 264 g/mol. The highest BCUT2D eigenvalue weighted by Gasteiger charge is 2.10. The van der Waals surface area contributed by atoms with Gasteiger partial charge < -0.3 is 10.2 Å². The van der Waals surface area contributed by atoms with Crippen molar-refractivity contribution in [2.45, 2.75) is 0 Å². The number of hydrogen-bond donors (Lipinski definition) is 3. The van der Waals surface area contributed by atoms with E-state index in [-0.39, 0.29) is 11.3 Å². The van der Waals surface area contributed by atoms with Crippen molar-refractivity contribution >= 4 is 23.4 Å². The molecule has 0 saturated heterocycles. The number of aromatic hydroxyl groups is 1. The summed E-state index contributed by atoms with van der Waals surface area (Å²) in [6.45, 7) is 0. The van der Waals surface area contributed by atoms with E-state index in [0.29, 0.717) is 16.8 Å². The number of nitrogens with one attached hydrogen (secondary N) is 1. The van der Waals surface area contributed by atoms with E-state index in [1.165, 1.54) is 12.1 Å². The van der Waals surface area contributed by atoms with Gasteiger partial charge in [-0.3, -0.25) is 4.84 Å². The summed E-state index contributed by atoms with van der Waals surface area (Å²) >= 11 is 5.47. The Labute approximate surface area is 109 Å². The van der Waals surface area contributed by atoms with E-state index < -0.39 is 5.97 Å². The molecule has 0 fully saturated rings. The fourth-order valence-corrected chi connectivity index (χ4v) is 1.82. The van der Waals surface area contributed by atoms with E-state index in [0.717, 1.165) is 0 Å². The third-order valence-corrected chi connectivity index (χ3v) is 2.76. The van der Waals surface area contributed by atoms with Crippen LogP contribution in [0.15, 0.2) is 42.5 Å². The molecule has 0 aliphatic heterocycles. The molecule has 92 valence electrons. The topological polar surface area (TPSA) is 69.6 Å². The Balaban J connectivity index is 2.55. The van der Waals surface area contributed by atoms with Crippen molar-refractivity contribution in [1.29, 1.82) is 0 Å². The molecule has 0 spiro atoms. The quantitative estimate of drug-likeness (QED) is 0.587. The summed E-state index contributed by atoms with van der Waals surface area (Å²) in [6.07, 6.45) is 0. The van der Waals surface area contributed by atoms with Gasteiger partial charge >= 0.3 is 5.97 Å². The molecule has 0 aliphatic rings. The van der Waals surface area contributed by atoms with Crippen LogP contribution in [0.1, 0.15) is 10.4 Å². The van der Waals surface area contributed by atoms with Crippen molar-refractivity contribution in [3.63, 3.8) is 0 Å². The summed E-state index contributed by atoms with van der Waals surface area (Å²) in [5, 5.41) is 18.9. The molecule has 0 aliphatic carbocycles. The van der Waals surface area contributed by atoms with Gasteiger partial charge in [0.15, 0.2) is 0 Å². The predicted octanol–water partition coefficient (Wildman–Crippen LogP) is 3.32. The first-order valence-electron chi connectivity index (χ1n) is 5.16. The molecular weight excluding hydrogens is 254 g/mol. The number of benzene rings is 2. The van der Waals surface area contributed by atoms with Crippen molar-refractivity contribution in [2.24, 2.45) is 0 Å². The van der Waals surface area contributed by atoms with Crippen molar-refractivity contribution in [3.05, 3.63) is 48.0 Å². The van der Waals surface area contributed by atoms with Gasteiger partial charge in [0.25, 0.3) is 0 Å². The summed E-state index contributed by atoms with van der Waals surface area (Å²) in [5.74, 6) is -1.03. The van der Waals surface area contributed by atoms with E-state index in [1.807, 2.05) is 0 Å². The van der Waals surface area contributed by atoms with Crippen LogP contribution >= 0.6 is 11.8 Å². The highest BCUT2D eigenvalue weighted by molar-refractivity contribution is 6.24. The Morgan fingerprint density at radius 2 is 1.89 bits per heavy atom. The minimum atomic E-state index is -1.01. The standard InChI is InChI=1S/C13H10ClNO3/c14-15-11-6-2-5-10(12(11)16)8-3-1-4-9(7-8)13(17)18/h1-7,15-16H,(H,17,18). The van der Waals surface area contributed by atoms with Gasteiger partial charge in [-0.2, -0.15) is 0 Å². The highest BCUT2D eigenvalue weighted by Crippen LogP contribution is 2.35. The van der Waals surface area contributed by atoms with Crippen LogP contribution in [-0.4, -0.2) is 16.2 Å². The third-order valence-electron chi connectivity index (χ3n) is 2.56. The van der Waals surface area contributed by atoms with E-state index in [4.69, 9.17) is 16.9 Å². The second-order valence-electron chi connectivity index (χ2n) is 3.68. The van der Waals surface area contributed by atoms with Gasteiger partial charge in [0.05, 0.1) is 11.3 Å². The summed E-state index contributed by atoms with van der Waals surface area (Å²) in [6, 6.07) is 11.4. The van der Waals surface area contributed by atoms with Crippen LogP contribution in [0.3, 0.4) is 0 Å². The van der Waals surface area contributed by atoms with Crippen molar-refractivity contribution in [2.75, 3.05) is 4.84 Å². The molecule has 2 aromatic rings. The second kappa shape index (κ2) is 4.98. The number of carboxylic acids is 1. The lowest BCUT2D eigenvalue weighted by molar-refractivity contribution is 0.0697. The Kier molecular flexibility index (Phi) is 3.39. The van der Waals surface area contributed by atoms with Crippen LogP contribution < -0.4 is 4.84 Å². The number of hydrogen-bond acceptors (Lipinski definition) is 3. The number of aromatic carboxylic acids is 1. The van der Waals surface area contributed by atoms with Crippen molar-refractivity contribution < 1.29 is 15.0 Å². The fourth-order valence-electron chi connectivity index (χ4n) is 1.67. The number of carboxylic acid groups (broad SMARTS) is 1. The number of para-hydroxylation sites is 1. The van der Waals surface area contributed by atoms with Gasteiger partial charge in [-0.1, -0.05) is 24.3 Å². The molecule has 3 N–H and O–H groups in total. The molecule has 2 rings (SSSR count). The Morgan fingerprint density at radius 1 is 1.17 bits per heavy atom. The number of phenols is 1. The van der Waals surface area contributed by atoms with Gasteiger partial charge in [-0.25, -0.2) is 4.79 Å². The number of halogens is 1. The van der Waals surface area contributed by atoms with Crippen LogP contribution in [0.2, 0.25) is 0 Å². The number of anilines is 1. The molecule has 0 heterocycles. The molecule has 4 nitrogen and oxygen atoms in total. The fraction of sp³-hybridized carbons (Fsp3) is 0. The maximum absolute atomic E-state index is 10.9. The predicted molar refractivity (Wildman–Crippen MR) is 70.0 cm³/mol. The largest absolute Gasteiger partial charge is 0.505 e. The summed E-state index contributed by atoms with van der Waals surface area (Å²) in [4.78, 5) is 13.2. The number of rotatable bonds is 3. The number of carbonyl (C=O) groups is 1. The Hall–Kier alpha value is -2.20. The van der Waals surface area contributed by atoms with Gasteiger partial charge in [0.2, 0.25) is 0 Å². The first kappa shape index (κ1) is 12.3. The smallest absolute Gasteiger partial charge is 0.335 e. The van der Waals surface area contributed by atoms with Crippen LogP contribution in [-0.2, 0) is 0 Å². The van der Waals surface area contributed by atoms with E-state index in [2.05, 4.69) is 4.84 Å². The molecule has 2 aromatic carbocycles. The van der Waals surface area contributed by atoms with Crippen LogP contribution in [0.4, 0.5) is 5.69 Å². The van der Waals surface area contributed by atoms with Crippen LogP contribution in [0, 0.1) is 0 Å². The van der Waals surface area contributed by atoms with Gasteiger partial charge in [0.1, 0.15) is 5.75 Å². The second-order valence-corrected chi connectivity index (χ2v) is 3.87. The lowest BCUT2D eigenvalue weighted by Gasteiger charge is -2.09. The molecule has 0 saturated carbocycles. The normalized spacial score (nSPS) is 10.1. The molecule has 0 atom stereocenters. The molecule has 5 heteroatoms. The molecule has 0 radical (unpaired) electrons. The average Bonchev–Trinajstić information content (AvgIpc) is 2.39. The van der Waals surface area contributed by atoms with Gasteiger partial charge in [-0.15, -0.1) is 0 Å². The molecule has 0 unspecified atom stereocenters. The van der Waals surface area contributed by atoms with Crippen LogP contribution in [0.25, 0.3) is 11.1 Å². The van der Waals surface area contributed by atoms with E-state index in [9.17, 15) is 9.90 Å². The van der Waals surface area contributed by atoms with E-state index >= 15 is 0 Å². The molecule has 0 amide bonds. The van der Waals surface area contributed by atoms with Gasteiger partial charge in [-0.05, 0) is 23.8 Å². The minimum Gasteiger partial charge on any atom is -0.505 e. The summed E-state index contributed by atoms with van der Waals surface area (Å²) in [7, 11) is 0. The summed E-state index contributed by atoms with van der Waals surface area (Å²) in [5.41, 5.74) is 1.66. The maximum atomic E-state index is 10.9. The van der Waals surface area contributed by atoms with Crippen molar-refractivity contribution in [1.82, 2.24) is 0 Å². The molecule has 18 heavy (non-hydrogen) atoms. The lowest BCUT2D eigenvalue weighted by Crippen LogP contribution is -1.96. The number of phenolic OH excluding ortho intramolecular Hbond substituents is 1. The first-order chi connectivity index (χ1) is 8.63. The highest BCUT2D eigenvalue weighted by atomic mass is 35.5. The first-order valence-corrected chi connectivity index (χ1v) is 5.53. The molecular formula is C13H10ClNO3. The van der Waals surface area contributed by atoms with Crippen LogP contribution in [0.5, 0.6) is 5.75 Å². The Bertz CT molecular complexity index is 599. The lowest BCUT2D eigenvalue weighted by atomic mass is 10.0. The van der Waals surface area contributed by atoms with E-state index in [1.54, 1.807) is 30.3 Å². The zero-order chi connectivity index (χ0) is 13.1. The maximum Gasteiger partial charge on any atom is 0.335 e. The monoisotopic (exact) mass is 263 g/mol. The zero-order valence-electron chi connectivity index (χ0n) is 9.22. The SMILES string of the molecule is O=C(O)c1cccc(-c2cccc(NCl)c2O)c1. The molecule has 0 aromatic heterocycles. The summed E-state index contributed by atoms with van der Waals surface area (Å²) < 4.78 is 0.